The number of halogens is 1. The molecule has 0 fully saturated rings. The van der Waals surface area contributed by atoms with Crippen molar-refractivity contribution in [3.63, 3.8) is 0 Å². The Hall–Kier alpha value is -1.20. The van der Waals surface area contributed by atoms with Crippen molar-refractivity contribution < 1.29 is 5.11 Å². The van der Waals surface area contributed by atoms with Gasteiger partial charge < -0.3 is 5.11 Å². The summed E-state index contributed by atoms with van der Waals surface area (Å²) in [5, 5.41) is 14.8. The Morgan fingerprint density at radius 2 is 2.22 bits per heavy atom. The number of pyridine rings is 1. The highest BCUT2D eigenvalue weighted by Crippen LogP contribution is 2.29. The van der Waals surface area contributed by atoms with E-state index in [0.29, 0.717) is 12.2 Å². The molecule has 0 bridgehead atoms. The summed E-state index contributed by atoms with van der Waals surface area (Å²) in [5.74, 6) is 0. The molecule has 1 unspecified atom stereocenters. The van der Waals surface area contributed by atoms with Gasteiger partial charge in [0, 0.05) is 12.7 Å². The summed E-state index contributed by atoms with van der Waals surface area (Å²) in [6.07, 6.45) is 3.51. The summed E-state index contributed by atoms with van der Waals surface area (Å²) in [5.41, 5.74) is 2.52. The van der Waals surface area contributed by atoms with Gasteiger partial charge in [0.2, 0.25) is 0 Å². The second-order valence-electron chi connectivity index (χ2n) is 4.00. The highest BCUT2D eigenvalue weighted by atomic mass is 79.9. The molecule has 2 aromatic rings. The molecule has 0 radical (unpaired) electrons. The van der Waals surface area contributed by atoms with Gasteiger partial charge in [0.1, 0.15) is 6.10 Å². The van der Waals surface area contributed by atoms with Gasteiger partial charge in [-0.05, 0) is 40.9 Å². The molecule has 0 spiro atoms. The summed E-state index contributed by atoms with van der Waals surface area (Å²) in [7, 11) is 0. The molecule has 5 heteroatoms. The third kappa shape index (κ3) is 2.33. The van der Waals surface area contributed by atoms with E-state index in [1.165, 1.54) is 0 Å². The summed E-state index contributed by atoms with van der Waals surface area (Å²) in [4.78, 5) is 4.31. The number of aromatic nitrogens is 3. The normalized spacial score (nSPS) is 12.7. The molecular formula is C13H16BrN3O. The highest BCUT2D eigenvalue weighted by molar-refractivity contribution is 9.10. The second-order valence-corrected chi connectivity index (χ2v) is 4.85. The van der Waals surface area contributed by atoms with Crippen molar-refractivity contribution in [2.45, 2.75) is 32.9 Å². The Balaban J connectivity index is 2.47. The van der Waals surface area contributed by atoms with E-state index in [4.69, 9.17) is 0 Å². The van der Waals surface area contributed by atoms with Gasteiger partial charge in [0.25, 0.3) is 0 Å². The molecule has 4 nitrogen and oxygen atoms in total. The molecule has 0 aliphatic rings. The molecule has 2 rings (SSSR count). The second kappa shape index (κ2) is 5.63. The zero-order valence-electron chi connectivity index (χ0n) is 10.5. The Labute approximate surface area is 115 Å². The summed E-state index contributed by atoms with van der Waals surface area (Å²) in [6.45, 7) is 4.76. The first-order valence-electron chi connectivity index (χ1n) is 6.02. The van der Waals surface area contributed by atoms with Gasteiger partial charge in [-0.1, -0.05) is 13.0 Å². The lowest BCUT2D eigenvalue weighted by atomic mass is 10.0. The molecule has 1 N–H and O–H groups in total. The number of aryl methyl sites for hydroxylation is 2. The van der Waals surface area contributed by atoms with E-state index >= 15 is 0 Å². The van der Waals surface area contributed by atoms with Gasteiger partial charge in [0.05, 0.1) is 22.1 Å². The zero-order valence-corrected chi connectivity index (χ0v) is 12.1. The zero-order chi connectivity index (χ0) is 13.1. The van der Waals surface area contributed by atoms with Crippen molar-refractivity contribution in [1.82, 2.24) is 14.8 Å². The monoisotopic (exact) mass is 309 g/mol. The average Bonchev–Trinajstić information content (AvgIpc) is 2.79. The van der Waals surface area contributed by atoms with Gasteiger partial charge in [-0.2, -0.15) is 5.10 Å². The van der Waals surface area contributed by atoms with Gasteiger partial charge in [0.15, 0.2) is 0 Å². The van der Waals surface area contributed by atoms with Crippen LogP contribution in [-0.2, 0) is 13.0 Å². The minimum atomic E-state index is -0.752. The maximum atomic E-state index is 10.5. The van der Waals surface area contributed by atoms with Crippen LogP contribution < -0.4 is 0 Å². The first kappa shape index (κ1) is 13.2. The lowest BCUT2D eigenvalue weighted by molar-refractivity contribution is 0.201. The predicted molar refractivity (Wildman–Crippen MR) is 73.3 cm³/mol. The minimum absolute atomic E-state index is 0.705. The van der Waals surface area contributed by atoms with E-state index in [1.807, 2.05) is 19.1 Å². The number of hydrogen-bond acceptors (Lipinski definition) is 3. The predicted octanol–water partition coefficient (Wildman–Crippen LogP) is 2.70. The van der Waals surface area contributed by atoms with Crippen LogP contribution in [0.2, 0.25) is 0 Å². The quantitative estimate of drug-likeness (QED) is 0.944. The van der Waals surface area contributed by atoms with Gasteiger partial charge in [-0.25, -0.2) is 0 Å². The number of aliphatic hydroxyl groups excluding tert-OH is 1. The van der Waals surface area contributed by atoms with Crippen LogP contribution in [0.3, 0.4) is 0 Å². The minimum Gasteiger partial charge on any atom is -0.380 e. The lowest BCUT2D eigenvalue weighted by Crippen LogP contribution is -2.12. The molecule has 0 aliphatic heterocycles. The fourth-order valence-electron chi connectivity index (χ4n) is 2.02. The third-order valence-electron chi connectivity index (χ3n) is 2.96. The van der Waals surface area contributed by atoms with Crippen LogP contribution >= 0.6 is 15.9 Å². The Morgan fingerprint density at radius 1 is 1.44 bits per heavy atom. The number of rotatable bonds is 4. The van der Waals surface area contributed by atoms with Crippen molar-refractivity contribution >= 4 is 15.9 Å². The fourth-order valence-corrected chi connectivity index (χ4v) is 2.53. The maximum Gasteiger partial charge on any atom is 0.139 e. The standard InChI is InChI=1S/C13H16BrN3O/c1-3-9-6-5-7-15-11(9)13(18)12-10(14)8-16-17(12)4-2/h5-8,13,18H,3-4H2,1-2H3. The van der Waals surface area contributed by atoms with Crippen molar-refractivity contribution in [2.75, 3.05) is 0 Å². The number of aliphatic hydroxyl groups is 1. The molecule has 2 aromatic heterocycles. The Morgan fingerprint density at radius 3 is 2.89 bits per heavy atom. The van der Waals surface area contributed by atoms with Crippen LogP contribution in [0.4, 0.5) is 0 Å². The molecule has 2 heterocycles. The van der Waals surface area contributed by atoms with E-state index in [1.54, 1.807) is 17.1 Å². The van der Waals surface area contributed by atoms with Gasteiger partial charge in [-0.15, -0.1) is 0 Å². The molecule has 0 saturated heterocycles. The van der Waals surface area contributed by atoms with Crippen LogP contribution in [0.25, 0.3) is 0 Å². The number of hydrogen-bond donors (Lipinski definition) is 1. The molecule has 0 aliphatic carbocycles. The topological polar surface area (TPSA) is 50.9 Å². The molecule has 1 atom stereocenters. The van der Waals surface area contributed by atoms with Crippen molar-refractivity contribution in [1.29, 1.82) is 0 Å². The summed E-state index contributed by atoms with van der Waals surface area (Å²) >= 11 is 3.43. The lowest BCUT2D eigenvalue weighted by Gasteiger charge is -2.15. The molecule has 0 saturated carbocycles. The van der Waals surface area contributed by atoms with Crippen molar-refractivity contribution in [2.24, 2.45) is 0 Å². The molecule has 0 amide bonds. The van der Waals surface area contributed by atoms with Crippen LogP contribution in [0, 0.1) is 0 Å². The van der Waals surface area contributed by atoms with Crippen LogP contribution in [0.15, 0.2) is 29.0 Å². The summed E-state index contributed by atoms with van der Waals surface area (Å²) < 4.78 is 2.59. The summed E-state index contributed by atoms with van der Waals surface area (Å²) in [6, 6.07) is 3.88. The van der Waals surface area contributed by atoms with Crippen molar-refractivity contribution in [3.8, 4) is 0 Å². The fraction of sp³-hybridized carbons (Fsp3) is 0.385. The van der Waals surface area contributed by atoms with E-state index in [-0.39, 0.29) is 0 Å². The first-order valence-corrected chi connectivity index (χ1v) is 6.81. The maximum absolute atomic E-state index is 10.5. The third-order valence-corrected chi connectivity index (χ3v) is 3.57. The smallest absolute Gasteiger partial charge is 0.139 e. The van der Waals surface area contributed by atoms with Gasteiger partial charge >= 0.3 is 0 Å². The van der Waals surface area contributed by atoms with Gasteiger partial charge in [-0.3, -0.25) is 9.67 Å². The van der Waals surface area contributed by atoms with E-state index in [0.717, 1.165) is 22.2 Å². The molecule has 18 heavy (non-hydrogen) atoms. The largest absolute Gasteiger partial charge is 0.380 e. The SMILES string of the molecule is CCc1cccnc1C(O)c1c(Br)cnn1CC. The molecule has 96 valence electrons. The van der Waals surface area contributed by atoms with E-state index in [2.05, 4.69) is 32.9 Å². The van der Waals surface area contributed by atoms with Crippen LogP contribution in [0.5, 0.6) is 0 Å². The molecule has 0 aromatic carbocycles. The average molecular weight is 310 g/mol. The first-order chi connectivity index (χ1) is 8.69. The highest BCUT2D eigenvalue weighted by Gasteiger charge is 2.22. The van der Waals surface area contributed by atoms with Crippen LogP contribution in [0.1, 0.15) is 36.9 Å². The Kier molecular flexibility index (Phi) is 4.14. The number of nitrogens with zero attached hydrogens (tertiary/aromatic N) is 3. The Bertz CT molecular complexity index is 539. The van der Waals surface area contributed by atoms with Crippen LogP contribution in [-0.4, -0.2) is 19.9 Å². The molecular weight excluding hydrogens is 294 g/mol. The van der Waals surface area contributed by atoms with E-state index in [9.17, 15) is 5.11 Å². The van der Waals surface area contributed by atoms with E-state index < -0.39 is 6.10 Å². The van der Waals surface area contributed by atoms with Crippen molar-refractivity contribution in [3.05, 3.63) is 46.0 Å².